The number of carbonyl (C=O) groups excluding carboxylic acids is 1. The number of thiophene rings is 1. The molecule has 1 atom stereocenters. The molecule has 100 valence electrons. The van der Waals surface area contributed by atoms with Gasteiger partial charge in [0.05, 0.1) is 16.9 Å². The van der Waals surface area contributed by atoms with Crippen LogP contribution in [0.2, 0.25) is 4.34 Å². The van der Waals surface area contributed by atoms with E-state index in [4.69, 9.17) is 11.6 Å². The van der Waals surface area contributed by atoms with E-state index in [0.29, 0.717) is 6.54 Å². The van der Waals surface area contributed by atoms with Crippen molar-refractivity contribution in [3.63, 3.8) is 0 Å². The van der Waals surface area contributed by atoms with Crippen LogP contribution >= 0.6 is 22.9 Å². The molecule has 0 spiro atoms. The Morgan fingerprint density at radius 2 is 2.39 bits per heavy atom. The van der Waals surface area contributed by atoms with Gasteiger partial charge in [0.2, 0.25) is 5.91 Å². The third kappa shape index (κ3) is 3.46. The SMILES string of the molecule is CCN(Cc1ccc(Cl)s1)C(=O)C1CCCCN1. The fourth-order valence-electron chi connectivity index (χ4n) is 2.25. The molecule has 0 bridgehead atoms. The molecule has 3 nitrogen and oxygen atoms in total. The zero-order valence-corrected chi connectivity index (χ0v) is 12.2. The molecule has 1 amide bonds. The predicted octanol–water partition coefficient (Wildman–Crippen LogP) is 2.89. The minimum Gasteiger partial charge on any atom is -0.336 e. The number of halogens is 1. The van der Waals surface area contributed by atoms with Crippen LogP contribution in [0.1, 0.15) is 31.1 Å². The zero-order valence-electron chi connectivity index (χ0n) is 10.6. The minimum atomic E-state index is 0.00846. The maximum absolute atomic E-state index is 12.4. The van der Waals surface area contributed by atoms with Gasteiger partial charge in [0.25, 0.3) is 0 Å². The van der Waals surface area contributed by atoms with E-state index in [1.807, 2.05) is 24.0 Å². The van der Waals surface area contributed by atoms with Crippen molar-refractivity contribution in [3.8, 4) is 0 Å². The summed E-state index contributed by atoms with van der Waals surface area (Å²) in [7, 11) is 0. The van der Waals surface area contributed by atoms with E-state index in [2.05, 4.69) is 5.32 Å². The molecule has 1 fully saturated rings. The second-order valence-corrected chi connectivity index (χ2v) is 6.36. The van der Waals surface area contributed by atoms with Gasteiger partial charge in [0, 0.05) is 11.4 Å². The summed E-state index contributed by atoms with van der Waals surface area (Å²) >= 11 is 7.46. The van der Waals surface area contributed by atoms with Gasteiger partial charge in [0.1, 0.15) is 0 Å². The lowest BCUT2D eigenvalue weighted by Crippen LogP contribution is -2.48. The molecule has 2 heterocycles. The molecule has 5 heteroatoms. The first kappa shape index (κ1) is 13.8. The van der Waals surface area contributed by atoms with Crippen LogP contribution in [0.3, 0.4) is 0 Å². The normalized spacial score (nSPS) is 19.8. The first-order valence-corrected chi connectivity index (χ1v) is 7.66. The van der Waals surface area contributed by atoms with Crippen molar-refractivity contribution >= 4 is 28.8 Å². The Morgan fingerprint density at radius 1 is 1.56 bits per heavy atom. The van der Waals surface area contributed by atoms with Crippen molar-refractivity contribution in [2.45, 2.75) is 38.8 Å². The van der Waals surface area contributed by atoms with E-state index in [-0.39, 0.29) is 11.9 Å². The smallest absolute Gasteiger partial charge is 0.240 e. The number of nitrogens with zero attached hydrogens (tertiary/aromatic N) is 1. The summed E-state index contributed by atoms with van der Waals surface area (Å²) in [5.41, 5.74) is 0. The molecule has 0 aromatic carbocycles. The minimum absolute atomic E-state index is 0.00846. The molecule has 1 aliphatic heterocycles. The highest BCUT2D eigenvalue weighted by Gasteiger charge is 2.25. The monoisotopic (exact) mass is 286 g/mol. The van der Waals surface area contributed by atoms with Gasteiger partial charge in [-0.15, -0.1) is 11.3 Å². The summed E-state index contributed by atoms with van der Waals surface area (Å²) in [6, 6.07) is 3.89. The summed E-state index contributed by atoms with van der Waals surface area (Å²) in [4.78, 5) is 15.4. The van der Waals surface area contributed by atoms with E-state index >= 15 is 0 Å². The molecule has 0 aliphatic carbocycles. The molecule has 1 aromatic heterocycles. The van der Waals surface area contributed by atoms with Gasteiger partial charge in [-0.2, -0.15) is 0 Å². The van der Waals surface area contributed by atoms with E-state index < -0.39 is 0 Å². The quantitative estimate of drug-likeness (QED) is 0.923. The Labute approximate surface area is 117 Å². The number of piperidine rings is 1. The number of nitrogens with one attached hydrogen (secondary N) is 1. The predicted molar refractivity (Wildman–Crippen MR) is 76.1 cm³/mol. The van der Waals surface area contributed by atoms with Gasteiger partial charge in [-0.1, -0.05) is 18.0 Å². The lowest BCUT2D eigenvalue weighted by molar-refractivity contribution is -0.134. The van der Waals surface area contributed by atoms with Gasteiger partial charge in [0.15, 0.2) is 0 Å². The first-order chi connectivity index (χ1) is 8.70. The second-order valence-electron chi connectivity index (χ2n) is 4.56. The largest absolute Gasteiger partial charge is 0.336 e. The summed E-state index contributed by atoms with van der Waals surface area (Å²) < 4.78 is 0.782. The molecule has 1 unspecified atom stereocenters. The van der Waals surface area contributed by atoms with E-state index in [0.717, 1.165) is 35.1 Å². The number of likely N-dealkylation sites (N-methyl/N-ethyl adjacent to an activating group) is 1. The first-order valence-electron chi connectivity index (χ1n) is 6.47. The Bertz CT molecular complexity index is 401. The van der Waals surface area contributed by atoms with E-state index in [1.54, 1.807) is 11.3 Å². The zero-order chi connectivity index (χ0) is 13.0. The third-order valence-corrected chi connectivity index (χ3v) is 4.49. The molecule has 1 aromatic rings. The van der Waals surface area contributed by atoms with Crippen LogP contribution in [-0.2, 0) is 11.3 Å². The van der Waals surface area contributed by atoms with Gasteiger partial charge in [-0.3, -0.25) is 4.79 Å². The van der Waals surface area contributed by atoms with Crippen molar-refractivity contribution in [2.75, 3.05) is 13.1 Å². The Hall–Kier alpha value is -0.580. The standard InChI is InChI=1S/C13H19ClN2OS/c1-2-16(9-10-6-7-12(14)18-10)13(17)11-5-3-4-8-15-11/h6-7,11,15H,2-5,8-9H2,1H3. The number of amides is 1. The molecule has 18 heavy (non-hydrogen) atoms. The van der Waals surface area contributed by atoms with Crippen LogP contribution in [0.15, 0.2) is 12.1 Å². The maximum atomic E-state index is 12.4. The molecule has 1 N–H and O–H groups in total. The molecule has 0 radical (unpaired) electrons. The average molecular weight is 287 g/mol. The van der Waals surface area contributed by atoms with Crippen LogP contribution in [0.5, 0.6) is 0 Å². The lowest BCUT2D eigenvalue weighted by Gasteiger charge is -2.29. The molecular formula is C13H19ClN2OS. The van der Waals surface area contributed by atoms with Crippen LogP contribution in [0, 0.1) is 0 Å². The molecule has 0 saturated carbocycles. The van der Waals surface area contributed by atoms with Crippen LogP contribution in [0.4, 0.5) is 0 Å². The molecule has 2 rings (SSSR count). The molecular weight excluding hydrogens is 268 g/mol. The maximum Gasteiger partial charge on any atom is 0.240 e. The summed E-state index contributed by atoms with van der Waals surface area (Å²) in [5.74, 6) is 0.224. The summed E-state index contributed by atoms with van der Waals surface area (Å²) in [5, 5.41) is 3.31. The Kier molecular flexibility index (Phi) is 5.03. The van der Waals surface area contributed by atoms with Crippen LogP contribution in [0.25, 0.3) is 0 Å². The fourth-order valence-corrected chi connectivity index (χ4v) is 3.36. The average Bonchev–Trinajstić information content (AvgIpc) is 2.82. The Balaban J connectivity index is 1.96. The van der Waals surface area contributed by atoms with Crippen molar-refractivity contribution in [1.29, 1.82) is 0 Å². The van der Waals surface area contributed by atoms with Crippen molar-refractivity contribution < 1.29 is 4.79 Å². The number of hydrogen-bond acceptors (Lipinski definition) is 3. The Morgan fingerprint density at radius 3 is 2.94 bits per heavy atom. The number of rotatable bonds is 4. The third-order valence-electron chi connectivity index (χ3n) is 3.28. The van der Waals surface area contributed by atoms with Gasteiger partial charge < -0.3 is 10.2 Å². The fraction of sp³-hybridized carbons (Fsp3) is 0.615. The number of carbonyl (C=O) groups is 1. The summed E-state index contributed by atoms with van der Waals surface area (Å²) in [6.45, 7) is 4.40. The van der Waals surface area contributed by atoms with Gasteiger partial charge in [-0.25, -0.2) is 0 Å². The molecule has 1 aliphatic rings. The van der Waals surface area contributed by atoms with E-state index in [1.165, 1.54) is 6.42 Å². The highest BCUT2D eigenvalue weighted by Crippen LogP contribution is 2.23. The van der Waals surface area contributed by atoms with Crippen molar-refractivity contribution in [2.24, 2.45) is 0 Å². The van der Waals surface area contributed by atoms with E-state index in [9.17, 15) is 4.79 Å². The second kappa shape index (κ2) is 6.55. The number of hydrogen-bond donors (Lipinski definition) is 1. The lowest BCUT2D eigenvalue weighted by atomic mass is 10.0. The van der Waals surface area contributed by atoms with Crippen molar-refractivity contribution in [3.05, 3.63) is 21.3 Å². The van der Waals surface area contributed by atoms with Crippen molar-refractivity contribution in [1.82, 2.24) is 10.2 Å². The van der Waals surface area contributed by atoms with Gasteiger partial charge >= 0.3 is 0 Å². The summed E-state index contributed by atoms with van der Waals surface area (Å²) in [6.07, 6.45) is 3.28. The van der Waals surface area contributed by atoms with Gasteiger partial charge in [-0.05, 0) is 38.4 Å². The highest BCUT2D eigenvalue weighted by molar-refractivity contribution is 7.16. The van der Waals surface area contributed by atoms with Crippen LogP contribution < -0.4 is 5.32 Å². The topological polar surface area (TPSA) is 32.3 Å². The highest BCUT2D eigenvalue weighted by atomic mass is 35.5. The molecule has 1 saturated heterocycles. The van der Waals surface area contributed by atoms with Crippen LogP contribution in [-0.4, -0.2) is 29.9 Å².